The third-order valence-corrected chi connectivity index (χ3v) is 5.36. The Morgan fingerprint density at radius 2 is 2.00 bits per heavy atom. The zero-order valence-electron chi connectivity index (χ0n) is 17.9. The van der Waals surface area contributed by atoms with E-state index in [-0.39, 0.29) is 11.3 Å². The van der Waals surface area contributed by atoms with Crippen LogP contribution in [0.5, 0.6) is 5.75 Å². The van der Waals surface area contributed by atoms with Gasteiger partial charge in [-0.25, -0.2) is 0 Å². The molecule has 1 aliphatic carbocycles. The molecule has 1 aromatic carbocycles. The topological polar surface area (TPSA) is 66.0 Å². The van der Waals surface area contributed by atoms with Crippen LogP contribution in [-0.2, 0) is 11.3 Å². The van der Waals surface area contributed by atoms with E-state index in [1.165, 1.54) is 0 Å². The van der Waals surface area contributed by atoms with Gasteiger partial charge in [0, 0.05) is 34.2 Å². The van der Waals surface area contributed by atoms with Crippen LogP contribution < -0.4 is 15.4 Å². The molecule has 28 heavy (non-hydrogen) atoms. The molecule has 1 amide bonds. The van der Waals surface area contributed by atoms with Gasteiger partial charge in [-0.2, -0.15) is 0 Å². The third kappa shape index (κ3) is 6.14. The summed E-state index contributed by atoms with van der Waals surface area (Å²) in [7, 11) is 5.44. The number of amides is 1. The number of nitrogens with one attached hydrogen (secondary N) is 2. The molecule has 0 bridgehead atoms. The summed E-state index contributed by atoms with van der Waals surface area (Å²) in [6, 6.07) is 8.13. The number of nitrogens with zero attached hydrogens (tertiary/aromatic N) is 2. The molecule has 6 heteroatoms. The molecule has 0 saturated heterocycles. The number of carbonyl (C=O) groups is 1. The SMILES string of the molecule is CCCCOc1cccc(CNC(=NC)NCC2(C(=O)N(C)C)CCCC2)c1. The van der Waals surface area contributed by atoms with Gasteiger partial charge in [-0.1, -0.05) is 38.3 Å². The van der Waals surface area contributed by atoms with Crippen molar-refractivity contribution in [2.75, 3.05) is 34.3 Å². The lowest BCUT2D eigenvalue weighted by atomic mass is 9.84. The molecule has 0 unspecified atom stereocenters. The van der Waals surface area contributed by atoms with Crippen molar-refractivity contribution in [2.24, 2.45) is 10.4 Å². The molecule has 0 aromatic heterocycles. The lowest BCUT2D eigenvalue weighted by Crippen LogP contribution is -2.49. The molecule has 0 atom stereocenters. The van der Waals surface area contributed by atoms with Crippen molar-refractivity contribution < 1.29 is 9.53 Å². The lowest BCUT2D eigenvalue weighted by molar-refractivity contribution is -0.138. The number of benzene rings is 1. The van der Waals surface area contributed by atoms with Crippen LogP contribution in [0.2, 0.25) is 0 Å². The smallest absolute Gasteiger partial charge is 0.230 e. The van der Waals surface area contributed by atoms with E-state index in [2.05, 4.69) is 34.7 Å². The molecule has 0 radical (unpaired) electrons. The Kier molecular flexibility index (Phi) is 8.61. The van der Waals surface area contributed by atoms with Gasteiger partial charge in [0.15, 0.2) is 5.96 Å². The third-order valence-electron chi connectivity index (χ3n) is 5.36. The highest BCUT2D eigenvalue weighted by atomic mass is 16.5. The molecule has 1 aromatic rings. The molecule has 2 N–H and O–H groups in total. The van der Waals surface area contributed by atoms with E-state index in [1.54, 1.807) is 11.9 Å². The van der Waals surface area contributed by atoms with Gasteiger partial charge >= 0.3 is 0 Å². The predicted molar refractivity (Wildman–Crippen MR) is 115 cm³/mol. The van der Waals surface area contributed by atoms with Crippen molar-refractivity contribution in [1.82, 2.24) is 15.5 Å². The first-order valence-corrected chi connectivity index (χ1v) is 10.4. The summed E-state index contributed by atoms with van der Waals surface area (Å²) in [4.78, 5) is 18.7. The summed E-state index contributed by atoms with van der Waals surface area (Å²) in [6.45, 7) is 4.17. The highest BCUT2D eigenvalue weighted by Gasteiger charge is 2.42. The Hall–Kier alpha value is -2.24. The van der Waals surface area contributed by atoms with Crippen molar-refractivity contribution in [2.45, 2.75) is 52.0 Å². The van der Waals surface area contributed by atoms with E-state index >= 15 is 0 Å². The van der Waals surface area contributed by atoms with Crippen molar-refractivity contribution in [3.63, 3.8) is 0 Å². The average molecular weight is 389 g/mol. The standard InChI is InChI=1S/C22H36N4O2/c1-5-6-14-28-19-11-9-10-18(15-19)16-24-21(23-2)25-17-22(12-7-8-13-22)20(27)26(3)4/h9-11,15H,5-8,12-14,16-17H2,1-4H3,(H2,23,24,25). The van der Waals surface area contributed by atoms with Crippen molar-refractivity contribution in [3.8, 4) is 5.75 Å². The van der Waals surface area contributed by atoms with Gasteiger partial charge in [0.2, 0.25) is 5.91 Å². The monoisotopic (exact) mass is 388 g/mol. The van der Waals surface area contributed by atoms with E-state index in [0.717, 1.165) is 62.4 Å². The van der Waals surface area contributed by atoms with Gasteiger partial charge in [0.1, 0.15) is 5.75 Å². The van der Waals surface area contributed by atoms with Crippen LogP contribution in [0.25, 0.3) is 0 Å². The fourth-order valence-electron chi connectivity index (χ4n) is 3.73. The molecule has 6 nitrogen and oxygen atoms in total. The molecule has 1 aliphatic rings. The zero-order chi connectivity index (χ0) is 20.4. The van der Waals surface area contributed by atoms with Gasteiger partial charge in [0.05, 0.1) is 12.0 Å². The second-order valence-electron chi connectivity index (χ2n) is 7.82. The first-order valence-electron chi connectivity index (χ1n) is 10.4. The fourth-order valence-corrected chi connectivity index (χ4v) is 3.73. The van der Waals surface area contributed by atoms with Crippen LogP contribution in [0.15, 0.2) is 29.3 Å². The predicted octanol–water partition coefficient (Wildman–Crippen LogP) is 3.18. The first-order chi connectivity index (χ1) is 13.5. The summed E-state index contributed by atoms with van der Waals surface area (Å²) in [5, 5.41) is 6.72. The minimum Gasteiger partial charge on any atom is -0.494 e. The number of aliphatic imine (C=N–C) groups is 1. The Bertz CT molecular complexity index is 652. The largest absolute Gasteiger partial charge is 0.494 e. The zero-order valence-corrected chi connectivity index (χ0v) is 17.9. The molecule has 0 heterocycles. The maximum absolute atomic E-state index is 12.7. The van der Waals surface area contributed by atoms with Gasteiger partial charge < -0.3 is 20.3 Å². The number of hydrogen-bond donors (Lipinski definition) is 2. The van der Waals surface area contributed by atoms with Crippen molar-refractivity contribution in [3.05, 3.63) is 29.8 Å². The van der Waals surface area contributed by atoms with E-state index in [4.69, 9.17) is 4.74 Å². The Labute approximate surface area is 169 Å². The maximum atomic E-state index is 12.7. The number of guanidine groups is 1. The van der Waals surface area contributed by atoms with E-state index in [1.807, 2.05) is 26.2 Å². The highest BCUT2D eigenvalue weighted by Crippen LogP contribution is 2.38. The molecule has 0 spiro atoms. The Balaban J connectivity index is 1.89. The van der Waals surface area contributed by atoms with Crippen LogP contribution in [0.1, 0.15) is 51.0 Å². The molecule has 1 fully saturated rings. The second kappa shape index (κ2) is 10.9. The number of carbonyl (C=O) groups excluding carboxylic acids is 1. The summed E-state index contributed by atoms with van der Waals surface area (Å²) in [5.74, 6) is 1.83. The van der Waals surface area contributed by atoms with Crippen LogP contribution in [0.4, 0.5) is 0 Å². The van der Waals surface area contributed by atoms with Crippen LogP contribution in [-0.4, -0.2) is 51.1 Å². The molecule has 2 rings (SSSR count). The normalized spacial score (nSPS) is 15.9. The van der Waals surface area contributed by atoms with Crippen LogP contribution in [0, 0.1) is 5.41 Å². The summed E-state index contributed by atoms with van der Waals surface area (Å²) in [5.41, 5.74) is 0.825. The first kappa shape index (κ1) is 22.1. The van der Waals surface area contributed by atoms with Gasteiger partial charge in [-0.15, -0.1) is 0 Å². The van der Waals surface area contributed by atoms with Crippen LogP contribution in [0.3, 0.4) is 0 Å². The van der Waals surface area contributed by atoms with Gasteiger partial charge in [-0.3, -0.25) is 9.79 Å². The number of rotatable bonds is 9. The molecule has 1 saturated carbocycles. The number of unbranched alkanes of at least 4 members (excludes halogenated alkanes) is 1. The minimum atomic E-state index is -0.311. The molecular weight excluding hydrogens is 352 g/mol. The summed E-state index contributed by atoms with van der Waals surface area (Å²) in [6.07, 6.45) is 6.28. The van der Waals surface area contributed by atoms with Crippen molar-refractivity contribution in [1.29, 1.82) is 0 Å². The number of ether oxygens (including phenoxy) is 1. The van der Waals surface area contributed by atoms with Gasteiger partial charge in [0.25, 0.3) is 0 Å². The second-order valence-corrected chi connectivity index (χ2v) is 7.82. The Morgan fingerprint density at radius 3 is 2.64 bits per heavy atom. The van der Waals surface area contributed by atoms with E-state index in [0.29, 0.717) is 13.1 Å². The average Bonchev–Trinajstić information content (AvgIpc) is 3.18. The fraction of sp³-hybridized carbons (Fsp3) is 0.636. The van der Waals surface area contributed by atoms with E-state index < -0.39 is 0 Å². The lowest BCUT2D eigenvalue weighted by Gasteiger charge is -2.31. The molecular formula is C22H36N4O2. The van der Waals surface area contributed by atoms with Crippen LogP contribution >= 0.6 is 0 Å². The summed E-state index contributed by atoms with van der Waals surface area (Å²) < 4.78 is 5.78. The summed E-state index contributed by atoms with van der Waals surface area (Å²) >= 11 is 0. The highest BCUT2D eigenvalue weighted by molar-refractivity contribution is 5.85. The quantitative estimate of drug-likeness (QED) is 0.387. The number of hydrogen-bond acceptors (Lipinski definition) is 3. The Morgan fingerprint density at radius 1 is 1.25 bits per heavy atom. The van der Waals surface area contributed by atoms with E-state index in [9.17, 15) is 4.79 Å². The molecule has 156 valence electrons. The minimum absolute atomic E-state index is 0.213. The van der Waals surface area contributed by atoms with Crippen molar-refractivity contribution >= 4 is 11.9 Å². The van der Waals surface area contributed by atoms with Gasteiger partial charge in [-0.05, 0) is 37.0 Å². The molecule has 0 aliphatic heterocycles. The maximum Gasteiger partial charge on any atom is 0.230 e.